The maximum atomic E-state index is 12.1. The van der Waals surface area contributed by atoms with Gasteiger partial charge >= 0.3 is 5.97 Å². The molecule has 3 aromatic rings. The number of aryl methyl sites for hydroxylation is 1. The van der Waals surface area contributed by atoms with Crippen molar-refractivity contribution in [2.75, 3.05) is 6.61 Å². The lowest BCUT2D eigenvalue weighted by molar-refractivity contribution is -0.129. The molecule has 0 bridgehead atoms. The molecule has 1 amide bonds. The van der Waals surface area contributed by atoms with Crippen LogP contribution in [0.15, 0.2) is 84.0 Å². The van der Waals surface area contributed by atoms with Crippen LogP contribution in [0, 0.1) is 6.92 Å². The number of hydrogen-bond acceptors (Lipinski definition) is 5. The van der Waals surface area contributed by atoms with Crippen LogP contribution in [0.25, 0.3) is 6.08 Å². The molecule has 0 radical (unpaired) electrons. The third-order valence-corrected chi connectivity index (χ3v) is 4.95. The third kappa shape index (κ3) is 7.74. The Balaban J connectivity index is 1.45. The molecule has 0 saturated heterocycles. The number of rotatable bonds is 9. The average molecular weight is 457 g/mol. The predicted molar refractivity (Wildman–Crippen MR) is 134 cm³/mol. The van der Waals surface area contributed by atoms with Crippen molar-refractivity contribution in [2.24, 2.45) is 5.10 Å². The highest BCUT2D eigenvalue weighted by Gasteiger charge is 2.07. The van der Waals surface area contributed by atoms with Gasteiger partial charge in [-0.05, 0) is 71.5 Å². The lowest BCUT2D eigenvalue weighted by Crippen LogP contribution is -2.24. The number of nitrogens with zero attached hydrogens (tertiary/aromatic N) is 1. The zero-order valence-corrected chi connectivity index (χ0v) is 19.5. The van der Waals surface area contributed by atoms with Gasteiger partial charge in [-0.1, -0.05) is 56.3 Å². The quantitative estimate of drug-likeness (QED) is 0.157. The summed E-state index contributed by atoms with van der Waals surface area (Å²) in [4.78, 5) is 24.0. The fraction of sp³-hybridized carbons (Fsp3) is 0.179. The Morgan fingerprint density at radius 2 is 1.71 bits per heavy atom. The first-order valence-corrected chi connectivity index (χ1v) is 11.0. The van der Waals surface area contributed by atoms with Crippen LogP contribution < -0.4 is 14.9 Å². The van der Waals surface area contributed by atoms with E-state index < -0.39 is 5.97 Å². The molecule has 0 unspecified atom stereocenters. The minimum atomic E-state index is -0.466. The van der Waals surface area contributed by atoms with Crippen LogP contribution >= 0.6 is 0 Å². The summed E-state index contributed by atoms with van der Waals surface area (Å²) in [6, 6.07) is 22.3. The van der Waals surface area contributed by atoms with Gasteiger partial charge in [-0.3, -0.25) is 4.79 Å². The number of nitrogens with one attached hydrogen (secondary N) is 1. The minimum Gasteiger partial charge on any atom is -0.483 e. The van der Waals surface area contributed by atoms with E-state index in [4.69, 9.17) is 9.47 Å². The molecule has 0 saturated carbocycles. The molecule has 6 heteroatoms. The molecule has 0 aliphatic rings. The standard InChI is InChI=1S/C28H28N2O4/c1-20(2)24-13-9-21(3)26(17-24)33-19-27(31)30-29-18-23-10-14-25(15-11-23)34-28(32)16-12-22-7-5-4-6-8-22/h4-18,20H,19H2,1-3H3,(H,30,31). The lowest BCUT2D eigenvalue weighted by atomic mass is 10.0. The maximum absolute atomic E-state index is 12.1. The molecular weight excluding hydrogens is 428 g/mol. The highest BCUT2D eigenvalue weighted by molar-refractivity contribution is 5.89. The summed E-state index contributed by atoms with van der Waals surface area (Å²) >= 11 is 0. The fourth-order valence-electron chi connectivity index (χ4n) is 2.99. The normalized spacial score (nSPS) is 11.2. The van der Waals surface area contributed by atoms with Crippen molar-refractivity contribution < 1.29 is 19.1 Å². The molecule has 1 N–H and O–H groups in total. The van der Waals surface area contributed by atoms with Gasteiger partial charge in [0.05, 0.1) is 6.21 Å². The van der Waals surface area contributed by atoms with E-state index in [1.165, 1.54) is 12.3 Å². The summed E-state index contributed by atoms with van der Waals surface area (Å²) in [5.74, 6) is 0.653. The Bertz CT molecular complexity index is 1170. The summed E-state index contributed by atoms with van der Waals surface area (Å²) in [7, 11) is 0. The van der Waals surface area contributed by atoms with Gasteiger partial charge in [0, 0.05) is 6.08 Å². The molecule has 0 atom stereocenters. The third-order valence-electron chi connectivity index (χ3n) is 4.95. The topological polar surface area (TPSA) is 77.0 Å². The van der Waals surface area contributed by atoms with Gasteiger partial charge in [0.25, 0.3) is 5.91 Å². The Hall–Kier alpha value is -4.19. The molecule has 0 heterocycles. The van der Waals surface area contributed by atoms with Gasteiger partial charge in [-0.2, -0.15) is 5.10 Å². The molecule has 6 nitrogen and oxygen atoms in total. The van der Waals surface area contributed by atoms with E-state index in [0.717, 1.165) is 22.3 Å². The summed E-state index contributed by atoms with van der Waals surface area (Å²) in [5, 5.41) is 3.95. The van der Waals surface area contributed by atoms with Crippen LogP contribution in [0.3, 0.4) is 0 Å². The Kier molecular flexibility index (Phi) is 8.74. The number of benzene rings is 3. The van der Waals surface area contributed by atoms with Crippen molar-refractivity contribution in [3.05, 3.63) is 101 Å². The van der Waals surface area contributed by atoms with E-state index in [2.05, 4.69) is 30.4 Å². The van der Waals surface area contributed by atoms with Crippen LogP contribution in [0.5, 0.6) is 11.5 Å². The van der Waals surface area contributed by atoms with E-state index >= 15 is 0 Å². The minimum absolute atomic E-state index is 0.134. The van der Waals surface area contributed by atoms with Crippen molar-refractivity contribution in [3.8, 4) is 11.5 Å². The van der Waals surface area contributed by atoms with Crippen molar-refractivity contribution in [3.63, 3.8) is 0 Å². The number of hydrogen-bond donors (Lipinski definition) is 1. The molecule has 0 spiro atoms. The first-order valence-electron chi connectivity index (χ1n) is 11.0. The second-order valence-electron chi connectivity index (χ2n) is 8.00. The summed E-state index contributed by atoms with van der Waals surface area (Å²) in [6.07, 6.45) is 4.57. The molecule has 3 rings (SSSR count). The van der Waals surface area contributed by atoms with Crippen LogP contribution in [-0.4, -0.2) is 24.7 Å². The van der Waals surface area contributed by atoms with Gasteiger partial charge in [0.15, 0.2) is 6.61 Å². The first-order chi connectivity index (χ1) is 16.4. The highest BCUT2D eigenvalue weighted by Crippen LogP contribution is 2.24. The summed E-state index contributed by atoms with van der Waals surface area (Å²) in [5.41, 5.74) is 6.22. The van der Waals surface area contributed by atoms with E-state index in [1.54, 1.807) is 30.3 Å². The average Bonchev–Trinajstić information content (AvgIpc) is 2.84. The zero-order valence-electron chi connectivity index (χ0n) is 19.5. The van der Waals surface area contributed by atoms with Crippen molar-refractivity contribution in [1.82, 2.24) is 5.43 Å². The number of amides is 1. The largest absolute Gasteiger partial charge is 0.483 e. The smallest absolute Gasteiger partial charge is 0.336 e. The summed E-state index contributed by atoms with van der Waals surface area (Å²) < 4.78 is 10.9. The van der Waals surface area contributed by atoms with Crippen LogP contribution in [0.2, 0.25) is 0 Å². The van der Waals surface area contributed by atoms with Gasteiger partial charge < -0.3 is 9.47 Å². The second kappa shape index (κ2) is 12.2. The number of hydrazone groups is 1. The molecule has 34 heavy (non-hydrogen) atoms. The van der Waals surface area contributed by atoms with Gasteiger partial charge in [0.1, 0.15) is 11.5 Å². The van der Waals surface area contributed by atoms with Gasteiger partial charge in [-0.25, -0.2) is 10.2 Å². The lowest BCUT2D eigenvalue weighted by Gasteiger charge is -2.12. The second-order valence-corrected chi connectivity index (χ2v) is 8.00. The van der Waals surface area contributed by atoms with Gasteiger partial charge in [0.2, 0.25) is 0 Å². The van der Waals surface area contributed by atoms with E-state index in [9.17, 15) is 9.59 Å². The molecule has 0 aliphatic carbocycles. The Labute approximate surface area is 199 Å². The molecule has 174 valence electrons. The molecule has 0 fully saturated rings. The molecule has 3 aromatic carbocycles. The number of ether oxygens (including phenoxy) is 2. The predicted octanol–water partition coefficient (Wildman–Crippen LogP) is 5.27. The first kappa shape index (κ1) is 24.5. The van der Waals surface area contributed by atoms with E-state index in [-0.39, 0.29) is 12.5 Å². The molecule has 0 aromatic heterocycles. The highest BCUT2D eigenvalue weighted by atomic mass is 16.5. The van der Waals surface area contributed by atoms with Crippen LogP contribution in [-0.2, 0) is 9.59 Å². The Morgan fingerprint density at radius 3 is 2.41 bits per heavy atom. The molecular formula is C28H28N2O4. The number of carbonyl (C=O) groups excluding carboxylic acids is 2. The zero-order chi connectivity index (χ0) is 24.3. The number of carbonyl (C=O) groups is 2. The Morgan fingerprint density at radius 1 is 0.971 bits per heavy atom. The van der Waals surface area contributed by atoms with Crippen LogP contribution in [0.1, 0.15) is 42.0 Å². The van der Waals surface area contributed by atoms with Crippen molar-refractivity contribution in [2.45, 2.75) is 26.7 Å². The molecule has 0 aliphatic heterocycles. The SMILES string of the molecule is Cc1ccc(C(C)C)cc1OCC(=O)NN=Cc1ccc(OC(=O)C=Cc2ccccc2)cc1. The van der Waals surface area contributed by atoms with Crippen LogP contribution in [0.4, 0.5) is 0 Å². The summed E-state index contributed by atoms with van der Waals surface area (Å²) in [6.45, 7) is 6.02. The van der Waals surface area contributed by atoms with E-state index in [0.29, 0.717) is 17.4 Å². The van der Waals surface area contributed by atoms with Crippen molar-refractivity contribution >= 4 is 24.2 Å². The van der Waals surface area contributed by atoms with E-state index in [1.807, 2.05) is 49.4 Å². The maximum Gasteiger partial charge on any atom is 0.336 e. The van der Waals surface area contributed by atoms with Gasteiger partial charge in [-0.15, -0.1) is 0 Å². The number of esters is 1. The monoisotopic (exact) mass is 456 g/mol. The fourth-order valence-corrected chi connectivity index (χ4v) is 2.99. The van der Waals surface area contributed by atoms with Crippen molar-refractivity contribution in [1.29, 1.82) is 0 Å².